The Bertz CT molecular complexity index is 507. The minimum Gasteiger partial charge on any atom is -0.337 e. The quantitative estimate of drug-likeness (QED) is 0.876. The van der Waals surface area contributed by atoms with Gasteiger partial charge >= 0.3 is 0 Å². The summed E-state index contributed by atoms with van der Waals surface area (Å²) in [5.74, 6) is 1.20. The third kappa shape index (κ3) is 2.50. The number of hydrogen-bond donors (Lipinski definition) is 1. The number of hydrogen-bond acceptors (Lipinski definition) is 5. The minimum atomic E-state index is -0.235. The molecule has 0 saturated carbocycles. The Balaban J connectivity index is 2.30. The summed E-state index contributed by atoms with van der Waals surface area (Å²) in [5.41, 5.74) is 7.75. The maximum Gasteiger partial charge on any atom is 0.244 e. The van der Waals surface area contributed by atoms with Crippen LogP contribution in [0.4, 0.5) is 0 Å². The first-order valence-electron chi connectivity index (χ1n) is 5.60. The Labute approximate surface area is 100 Å². The van der Waals surface area contributed by atoms with Crippen molar-refractivity contribution in [2.45, 2.75) is 26.8 Å². The fourth-order valence-corrected chi connectivity index (χ4v) is 1.42. The van der Waals surface area contributed by atoms with E-state index in [9.17, 15) is 0 Å². The van der Waals surface area contributed by atoms with Crippen molar-refractivity contribution >= 4 is 0 Å². The number of pyridine rings is 1. The van der Waals surface area contributed by atoms with Gasteiger partial charge in [0.2, 0.25) is 11.7 Å². The molecule has 2 aromatic rings. The zero-order chi connectivity index (χ0) is 12.4. The Morgan fingerprint density at radius 2 is 2.12 bits per heavy atom. The van der Waals surface area contributed by atoms with E-state index in [0.717, 1.165) is 5.56 Å². The van der Waals surface area contributed by atoms with Crippen molar-refractivity contribution in [1.82, 2.24) is 15.1 Å². The van der Waals surface area contributed by atoms with Crippen LogP contribution in [0.5, 0.6) is 0 Å². The highest BCUT2D eigenvalue weighted by Crippen LogP contribution is 2.20. The first kappa shape index (κ1) is 11.7. The molecule has 5 nitrogen and oxygen atoms in total. The van der Waals surface area contributed by atoms with Gasteiger partial charge in [-0.25, -0.2) is 0 Å². The van der Waals surface area contributed by atoms with Gasteiger partial charge in [0, 0.05) is 6.20 Å². The molecule has 90 valence electrons. The standard InChI is InChI=1S/C12H16N4O/c1-7(2)10(13)12-15-11(16-17-12)9-6-8(3)4-5-14-9/h4-7,10H,13H2,1-3H3/t10-/m0/s1. The number of rotatable bonds is 3. The van der Waals surface area contributed by atoms with E-state index in [-0.39, 0.29) is 12.0 Å². The topological polar surface area (TPSA) is 77.8 Å². The van der Waals surface area contributed by atoms with E-state index in [2.05, 4.69) is 15.1 Å². The summed E-state index contributed by atoms with van der Waals surface area (Å²) < 4.78 is 5.16. The first-order valence-corrected chi connectivity index (χ1v) is 5.60. The highest BCUT2D eigenvalue weighted by atomic mass is 16.5. The molecule has 17 heavy (non-hydrogen) atoms. The molecule has 2 heterocycles. The zero-order valence-corrected chi connectivity index (χ0v) is 10.2. The van der Waals surface area contributed by atoms with Crippen molar-refractivity contribution in [3.8, 4) is 11.5 Å². The van der Waals surface area contributed by atoms with Crippen molar-refractivity contribution < 1.29 is 4.52 Å². The van der Waals surface area contributed by atoms with E-state index < -0.39 is 0 Å². The average molecular weight is 232 g/mol. The van der Waals surface area contributed by atoms with Gasteiger partial charge in [-0.3, -0.25) is 4.98 Å². The summed E-state index contributed by atoms with van der Waals surface area (Å²) in [6, 6.07) is 3.60. The number of nitrogens with zero attached hydrogens (tertiary/aromatic N) is 3. The summed E-state index contributed by atoms with van der Waals surface area (Å²) in [4.78, 5) is 8.48. The van der Waals surface area contributed by atoms with E-state index in [4.69, 9.17) is 10.3 Å². The summed E-state index contributed by atoms with van der Waals surface area (Å²) >= 11 is 0. The SMILES string of the molecule is Cc1ccnc(-c2noc([C@@H](N)C(C)C)n2)c1. The Hall–Kier alpha value is -1.75. The molecule has 0 unspecified atom stereocenters. The molecule has 5 heteroatoms. The highest BCUT2D eigenvalue weighted by Gasteiger charge is 2.18. The fraction of sp³-hybridized carbons (Fsp3) is 0.417. The predicted molar refractivity (Wildman–Crippen MR) is 64.0 cm³/mol. The normalized spacial score (nSPS) is 13.0. The fourth-order valence-electron chi connectivity index (χ4n) is 1.42. The van der Waals surface area contributed by atoms with Gasteiger partial charge in [-0.05, 0) is 30.5 Å². The predicted octanol–water partition coefficient (Wildman–Crippen LogP) is 2.10. The molecule has 2 N–H and O–H groups in total. The molecule has 0 aliphatic rings. The second kappa shape index (κ2) is 4.63. The van der Waals surface area contributed by atoms with E-state index in [1.165, 1.54) is 0 Å². The molecule has 1 atom stereocenters. The third-order valence-electron chi connectivity index (χ3n) is 2.59. The maximum atomic E-state index is 5.94. The van der Waals surface area contributed by atoms with Crippen molar-refractivity contribution in [3.05, 3.63) is 29.8 Å². The molecule has 0 aliphatic heterocycles. The molecule has 0 saturated heterocycles. The molecule has 2 aromatic heterocycles. The molecule has 0 radical (unpaired) electrons. The molecule has 0 bridgehead atoms. The first-order chi connectivity index (χ1) is 8.08. The average Bonchev–Trinajstić information content (AvgIpc) is 2.77. The van der Waals surface area contributed by atoms with Gasteiger partial charge in [0.15, 0.2) is 0 Å². The van der Waals surface area contributed by atoms with Gasteiger partial charge < -0.3 is 10.3 Å². The van der Waals surface area contributed by atoms with Gasteiger partial charge in [-0.15, -0.1) is 0 Å². The van der Waals surface area contributed by atoms with Crippen LogP contribution in [0.3, 0.4) is 0 Å². The Kier molecular flexibility index (Phi) is 3.19. The second-order valence-corrected chi connectivity index (χ2v) is 4.44. The summed E-state index contributed by atoms with van der Waals surface area (Å²) in [5, 5.41) is 3.90. The van der Waals surface area contributed by atoms with Crippen LogP contribution in [0.25, 0.3) is 11.5 Å². The Morgan fingerprint density at radius 3 is 2.76 bits per heavy atom. The lowest BCUT2D eigenvalue weighted by atomic mass is 10.1. The van der Waals surface area contributed by atoms with Crippen LogP contribution in [0.2, 0.25) is 0 Å². The van der Waals surface area contributed by atoms with Crippen LogP contribution >= 0.6 is 0 Å². The monoisotopic (exact) mass is 232 g/mol. The van der Waals surface area contributed by atoms with Gasteiger partial charge in [-0.2, -0.15) is 4.98 Å². The third-order valence-corrected chi connectivity index (χ3v) is 2.59. The largest absolute Gasteiger partial charge is 0.337 e. The number of nitrogens with two attached hydrogens (primary N) is 1. The van der Waals surface area contributed by atoms with Gasteiger partial charge in [0.25, 0.3) is 0 Å². The van der Waals surface area contributed by atoms with Crippen LogP contribution in [0.15, 0.2) is 22.9 Å². The molecule has 2 rings (SSSR count). The lowest BCUT2D eigenvalue weighted by molar-refractivity contribution is 0.325. The smallest absolute Gasteiger partial charge is 0.244 e. The van der Waals surface area contributed by atoms with Crippen LogP contribution < -0.4 is 5.73 Å². The summed E-state index contributed by atoms with van der Waals surface area (Å²) in [6.07, 6.45) is 1.73. The van der Waals surface area contributed by atoms with Crippen LogP contribution in [-0.4, -0.2) is 15.1 Å². The van der Waals surface area contributed by atoms with E-state index in [0.29, 0.717) is 17.4 Å². The minimum absolute atomic E-state index is 0.235. The van der Waals surface area contributed by atoms with Crippen LogP contribution in [0.1, 0.15) is 31.3 Å². The lowest BCUT2D eigenvalue weighted by Crippen LogP contribution is -2.16. The Morgan fingerprint density at radius 1 is 1.35 bits per heavy atom. The summed E-state index contributed by atoms with van der Waals surface area (Å²) in [7, 11) is 0. The van der Waals surface area contributed by atoms with Crippen molar-refractivity contribution in [1.29, 1.82) is 0 Å². The molecular formula is C12H16N4O. The number of aryl methyl sites for hydroxylation is 1. The van der Waals surface area contributed by atoms with Crippen molar-refractivity contribution in [3.63, 3.8) is 0 Å². The molecule has 0 fully saturated rings. The maximum absolute atomic E-state index is 5.94. The molecule has 0 aromatic carbocycles. The van der Waals surface area contributed by atoms with Gasteiger partial charge in [0.1, 0.15) is 5.69 Å². The van der Waals surface area contributed by atoms with Gasteiger partial charge in [-0.1, -0.05) is 19.0 Å². The van der Waals surface area contributed by atoms with Crippen LogP contribution in [0, 0.1) is 12.8 Å². The van der Waals surface area contributed by atoms with Gasteiger partial charge in [0.05, 0.1) is 6.04 Å². The van der Waals surface area contributed by atoms with Crippen LogP contribution in [-0.2, 0) is 0 Å². The highest BCUT2D eigenvalue weighted by molar-refractivity contribution is 5.48. The lowest BCUT2D eigenvalue weighted by Gasteiger charge is -2.09. The molecular weight excluding hydrogens is 216 g/mol. The van der Waals surface area contributed by atoms with Crippen molar-refractivity contribution in [2.24, 2.45) is 11.7 Å². The summed E-state index contributed by atoms with van der Waals surface area (Å²) in [6.45, 7) is 6.02. The zero-order valence-electron chi connectivity index (χ0n) is 10.2. The molecule has 0 aliphatic carbocycles. The number of aromatic nitrogens is 3. The van der Waals surface area contributed by atoms with Crippen molar-refractivity contribution in [2.75, 3.05) is 0 Å². The second-order valence-electron chi connectivity index (χ2n) is 4.44. The molecule has 0 spiro atoms. The molecule has 0 amide bonds. The van der Waals surface area contributed by atoms with E-state index in [1.807, 2.05) is 32.9 Å². The van der Waals surface area contributed by atoms with E-state index >= 15 is 0 Å². The van der Waals surface area contributed by atoms with E-state index in [1.54, 1.807) is 6.20 Å².